The van der Waals surface area contributed by atoms with Crippen LogP contribution in [0.25, 0.3) is 0 Å². The molecule has 2 unspecified atom stereocenters. The van der Waals surface area contributed by atoms with Crippen molar-refractivity contribution in [1.29, 1.82) is 0 Å². The summed E-state index contributed by atoms with van der Waals surface area (Å²) in [6.45, 7) is 9.62. The third kappa shape index (κ3) is 4.49. The number of hydrogen-bond acceptors (Lipinski definition) is 3. The van der Waals surface area contributed by atoms with Crippen LogP contribution in [0.1, 0.15) is 40.0 Å². The lowest BCUT2D eigenvalue weighted by Crippen LogP contribution is -2.43. The smallest absolute Gasteiger partial charge is 0.0599 e. The third-order valence-corrected chi connectivity index (χ3v) is 3.22. The Kier molecular flexibility index (Phi) is 5.58. The van der Waals surface area contributed by atoms with Gasteiger partial charge in [-0.1, -0.05) is 0 Å². The van der Waals surface area contributed by atoms with Crippen molar-refractivity contribution in [3.05, 3.63) is 0 Å². The van der Waals surface area contributed by atoms with Gasteiger partial charge in [0, 0.05) is 31.8 Å². The molecule has 1 rings (SSSR count). The van der Waals surface area contributed by atoms with Gasteiger partial charge in [-0.15, -0.1) is 0 Å². The molecule has 0 aliphatic carbocycles. The van der Waals surface area contributed by atoms with Crippen molar-refractivity contribution in [2.24, 2.45) is 5.73 Å². The van der Waals surface area contributed by atoms with Crippen LogP contribution < -0.4 is 5.73 Å². The van der Waals surface area contributed by atoms with Gasteiger partial charge in [-0.2, -0.15) is 0 Å². The minimum absolute atomic E-state index is 0.310. The number of likely N-dealkylation sites (tertiary alicyclic amines) is 1. The third-order valence-electron chi connectivity index (χ3n) is 3.22. The molecule has 2 N–H and O–H groups in total. The second-order valence-electron chi connectivity index (χ2n) is 4.75. The molecule has 3 heteroatoms. The molecule has 1 aliphatic heterocycles. The Hall–Kier alpha value is -0.120. The highest BCUT2D eigenvalue weighted by Gasteiger charge is 2.22. The van der Waals surface area contributed by atoms with E-state index < -0.39 is 0 Å². The van der Waals surface area contributed by atoms with Crippen LogP contribution in [-0.4, -0.2) is 42.8 Å². The molecule has 90 valence electrons. The summed E-state index contributed by atoms with van der Waals surface area (Å²) in [5, 5.41) is 0. The average molecular weight is 214 g/mol. The van der Waals surface area contributed by atoms with E-state index in [2.05, 4.69) is 25.7 Å². The molecule has 1 fully saturated rings. The Morgan fingerprint density at radius 1 is 1.33 bits per heavy atom. The molecule has 0 saturated carbocycles. The van der Waals surface area contributed by atoms with Crippen LogP contribution >= 0.6 is 0 Å². The van der Waals surface area contributed by atoms with Crippen molar-refractivity contribution in [2.75, 3.05) is 19.7 Å². The molecule has 3 nitrogen and oxygen atoms in total. The zero-order valence-electron chi connectivity index (χ0n) is 10.4. The van der Waals surface area contributed by atoms with Gasteiger partial charge in [0.05, 0.1) is 6.10 Å². The molecule has 0 amide bonds. The molecule has 1 saturated heterocycles. The highest BCUT2D eigenvalue weighted by molar-refractivity contribution is 4.78. The van der Waals surface area contributed by atoms with Gasteiger partial charge in [0.25, 0.3) is 0 Å². The molecule has 0 aromatic rings. The fourth-order valence-corrected chi connectivity index (χ4v) is 2.41. The number of nitrogens with two attached hydrogens (primary N) is 1. The van der Waals surface area contributed by atoms with E-state index in [-0.39, 0.29) is 0 Å². The maximum Gasteiger partial charge on any atom is 0.0599 e. The normalized spacial score (nSPS) is 24.0. The van der Waals surface area contributed by atoms with E-state index in [9.17, 15) is 0 Å². The van der Waals surface area contributed by atoms with Crippen LogP contribution in [0.3, 0.4) is 0 Å². The van der Waals surface area contributed by atoms with Gasteiger partial charge in [-0.05, 0) is 40.0 Å². The van der Waals surface area contributed by atoms with Crippen LogP contribution in [0, 0.1) is 0 Å². The summed E-state index contributed by atoms with van der Waals surface area (Å²) in [5.74, 6) is 0. The standard InChI is InChI=1S/C12H26N2O/c1-4-15-12-5-7-14(8-6-12)11(3)9-10(2)13/h10-12H,4-9,13H2,1-3H3. The van der Waals surface area contributed by atoms with E-state index in [1.54, 1.807) is 0 Å². The summed E-state index contributed by atoms with van der Waals surface area (Å²) >= 11 is 0. The quantitative estimate of drug-likeness (QED) is 0.755. The van der Waals surface area contributed by atoms with Crippen LogP contribution in [0.2, 0.25) is 0 Å². The maximum absolute atomic E-state index is 5.82. The lowest BCUT2D eigenvalue weighted by atomic mass is 10.0. The summed E-state index contributed by atoms with van der Waals surface area (Å²) < 4.78 is 5.64. The number of nitrogens with zero attached hydrogens (tertiary/aromatic N) is 1. The van der Waals surface area contributed by atoms with Crippen molar-refractivity contribution in [2.45, 2.75) is 58.2 Å². The number of rotatable bonds is 5. The summed E-state index contributed by atoms with van der Waals surface area (Å²) in [6, 6.07) is 0.928. The van der Waals surface area contributed by atoms with Crippen molar-refractivity contribution in [3.8, 4) is 0 Å². The predicted molar refractivity (Wildman–Crippen MR) is 63.9 cm³/mol. The molecule has 0 aromatic heterocycles. The Bertz CT molecular complexity index is 165. The maximum atomic E-state index is 5.82. The van der Waals surface area contributed by atoms with Crippen molar-refractivity contribution in [3.63, 3.8) is 0 Å². The summed E-state index contributed by atoms with van der Waals surface area (Å²) in [6.07, 6.45) is 3.95. The average Bonchev–Trinajstić information content (AvgIpc) is 2.18. The first kappa shape index (κ1) is 12.9. The lowest BCUT2D eigenvalue weighted by Gasteiger charge is -2.36. The van der Waals surface area contributed by atoms with E-state index in [1.807, 2.05) is 0 Å². The highest BCUT2D eigenvalue weighted by Crippen LogP contribution is 2.17. The molecule has 1 heterocycles. The molecule has 0 spiro atoms. The van der Waals surface area contributed by atoms with Gasteiger partial charge < -0.3 is 15.4 Å². The number of hydrogen-bond donors (Lipinski definition) is 1. The largest absolute Gasteiger partial charge is 0.378 e. The fraction of sp³-hybridized carbons (Fsp3) is 1.00. The van der Waals surface area contributed by atoms with Gasteiger partial charge in [0.2, 0.25) is 0 Å². The zero-order chi connectivity index (χ0) is 11.3. The van der Waals surface area contributed by atoms with E-state index >= 15 is 0 Å². The number of ether oxygens (including phenoxy) is 1. The summed E-state index contributed by atoms with van der Waals surface area (Å²) in [5.41, 5.74) is 5.82. The van der Waals surface area contributed by atoms with Gasteiger partial charge in [-0.3, -0.25) is 0 Å². The Labute approximate surface area is 94.0 Å². The molecule has 15 heavy (non-hydrogen) atoms. The molecule has 2 atom stereocenters. The number of piperidine rings is 1. The zero-order valence-corrected chi connectivity index (χ0v) is 10.4. The monoisotopic (exact) mass is 214 g/mol. The van der Waals surface area contributed by atoms with Crippen LogP contribution in [0.4, 0.5) is 0 Å². The Morgan fingerprint density at radius 2 is 1.93 bits per heavy atom. The molecule has 0 radical (unpaired) electrons. The first-order chi connectivity index (χ1) is 7.13. The van der Waals surface area contributed by atoms with Gasteiger partial charge in [0.1, 0.15) is 0 Å². The van der Waals surface area contributed by atoms with Gasteiger partial charge >= 0.3 is 0 Å². The molecule has 1 aliphatic rings. The second kappa shape index (κ2) is 6.46. The topological polar surface area (TPSA) is 38.5 Å². The van der Waals surface area contributed by atoms with Crippen LogP contribution in [-0.2, 0) is 4.74 Å². The SMILES string of the molecule is CCOC1CCN(C(C)CC(C)N)CC1. The Morgan fingerprint density at radius 3 is 2.40 bits per heavy atom. The Balaban J connectivity index is 2.24. The van der Waals surface area contributed by atoms with Gasteiger partial charge in [-0.25, -0.2) is 0 Å². The second-order valence-corrected chi connectivity index (χ2v) is 4.75. The summed E-state index contributed by atoms with van der Waals surface area (Å²) in [4.78, 5) is 2.54. The molecule has 0 bridgehead atoms. The first-order valence-electron chi connectivity index (χ1n) is 6.24. The predicted octanol–water partition coefficient (Wildman–Crippen LogP) is 1.61. The minimum Gasteiger partial charge on any atom is -0.378 e. The van der Waals surface area contributed by atoms with E-state index in [4.69, 9.17) is 10.5 Å². The fourth-order valence-electron chi connectivity index (χ4n) is 2.41. The minimum atomic E-state index is 0.310. The highest BCUT2D eigenvalue weighted by atomic mass is 16.5. The first-order valence-corrected chi connectivity index (χ1v) is 6.24. The lowest BCUT2D eigenvalue weighted by molar-refractivity contribution is 0.00456. The van der Waals surface area contributed by atoms with Crippen molar-refractivity contribution >= 4 is 0 Å². The van der Waals surface area contributed by atoms with Crippen LogP contribution in [0.15, 0.2) is 0 Å². The molecular weight excluding hydrogens is 188 g/mol. The van der Waals surface area contributed by atoms with Crippen molar-refractivity contribution < 1.29 is 4.74 Å². The molecular formula is C12H26N2O. The van der Waals surface area contributed by atoms with Crippen LogP contribution in [0.5, 0.6) is 0 Å². The van der Waals surface area contributed by atoms with E-state index in [1.165, 1.54) is 25.9 Å². The molecule has 0 aromatic carbocycles. The van der Waals surface area contributed by atoms with Gasteiger partial charge in [0.15, 0.2) is 0 Å². The van der Waals surface area contributed by atoms with E-state index in [0.29, 0.717) is 18.2 Å². The summed E-state index contributed by atoms with van der Waals surface area (Å²) in [7, 11) is 0. The van der Waals surface area contributed by atoms with E-state index in [0.717, 1.165) is 13.0 Å². The van der Waals surface area contributed by atoms with Crippen molar-refractivity contribution in [1.82, 2.24) is 4.90 Å².